The van der Waals surface area contributed by atoms with Gasteiger partial charge in [0.15, 0.2) is 5.76 Å². The lowest BCUT2D eigenvalue weighted by Gasteiger charge is -2.05. The van der Waals surface area contributed by atoms with Crippen LogP contribution in [-0.2, 0) is 0 Å². The van der Waals surface area contributed by atoms with E-state index in [0.717, 1.165) is 22.6 Å². The number of aromatic nitrogens is 1. The molecule has 0 saturated heterocycles. The fraction of sp³-hybridized carbons (Fsp3) is 0.250. The molecule has 0 radical (unpaired) electrons. The first-order chi connectivity index (χ1) is 7.20. The van der Waals surface area contributed by atoms with Crippen LogP contribution in [0.25, 0.3) is 11.3 Å². The minimum atomic E-state index is -0.0635. The van der Waals surface area contributed by atoms with Crippen LogP contribution in [-0.4, -0.2) is 5.16 Å². The zero-order chi connectivity index (χ0) is 10.8. The first-order valence-corrected chi connectivity index (χ1v) is 4.97. The normalized spacial score (nSPS) is 12.7. The van der Waals surface area contributed by atoms with Crippen LogP contribution in [0.2, 0.25) is 0 Å². The summed E-state index contributed by atoms with van der Waals surface area (Å²) in [6.07, 6.45) is 0. The Labute approximate surface area is 88.9 Å². The minimum absolute atomic E-state index is 0.0635. The molecule has 0 fully saturated rings. The summed E-state index contributed by atoms with van der Waals surface area (Å²) in [7, 11) is 0. The SMILES string of the molecule is Cc1noc(-c2ccccc2)c1C(C)N. The highest BCUT2D eigenvalue weighted by atomic mass is 16.5. The molecule has 1 atom stereocenters. The average Bonchev–Trinajstić information content (AvgIpc) is 2.61. The lowest BCUT2D eigenvalue weighted by molar-refractivity contribution is 0.426. The molecule has 0 aliphatic rings. The third-order valence-corrected chi connectivity index (χ3v) is 2.40. The van der Waals surface area contributed by atoms with Gasteiger partial charge in [0.1, 0.15) is 0 Å². The summed E-state index contributed by atoms with van der Waals surface area (Å²) in [6, 6.07) is 9.83. The van der Waals surface area contributed by atoms with Gasteiger partial charge in [-0.3, -0.25) is 0 Å². The van der Waals surface area contributed by atoms with Gasteiger partial charge in [-0.05, 0) is 13.8 Å². The Morgan fingerprint density at radius 2 is 1.93 bits per heavy atom. The predicted molar refractivity (Wildman–Crippen MR) is 59.3 cm³/mol. The van der Waals surface area contributed by atoms with E-state index in [2.05, 4.69) is 5.16 Å². The number of aryl methyl sites for hydroxylation is 1. The summed E-state index contributed by atoms with van der Waals surface area (Å²) in [5, 5.41) is 3.96. The van der Waals surface area contributed by atoms with E-state index in [0.29, 0.717) is 0 Å². The summed E-state index contributed by atoms with van der Waals surface area (Å²) < 4.78 is 5.31. The number of hydrogen-bond acceptors (Lipinski definition) is 3. The van der Waals surface area contributed by atoms with E-state index >= 15 is 0 Å². The van der Waals surface area contributed by atoms with Crippen LogP contribution in [0.4, 0.5) is 0 Å². The molecule has 3 heteroatoms. The Morgan fingerprint density at radius 1 is 1.27 bits per heavy atom. The van der Waals surface area contributed by atoms with Gasteiger partial charge >= 0.3 is 0 Å². The number of nitrogens with two attached hydrogens (primary N) is 1. The quantitative estimate of drug-likeness (QED) is 0.814. The van der Waals surface area contributed by atoms with E-state index in [4.69, 9.17) is 10.3 Å². The largest absolute Gasteiger partial charge is 0.356 e. The standard InChI is InChI=1S/C12H14N2O/c1-8(13)11-9(2)14-15-12(11)10-6-4-3-5-7-10/h3-8H,13H2,1-2H3. The molecule has 1 heterocycles. The summed E-state index contributed by atoms with van der Waals surface area (Å²) >= 11 is 0. The molecule has 1 unspecified atom stereocenters. The van der Waals surface area contributed by atoms with Gasteiger partial charge in [-0.2, -0.15) is 0 Å². The third kappa shape index (κ3) is 1.78. The van der Waals surface area contributed by atoms with Crippen LogP contribution in [0.5, 0.6) is 0 Å². The molecule has 3 nitrogen and oxygen atoms in total. The maximum absolute atomic E-state index is 5.90. The van der Waals surface area contributed by atoms with Crippen LogP contribution < -0.4 is 5.73 Å². The predicted octanol–water partition coefficient (Wildman–Crippen LogP) is 2.67. The van der Waals surface area contributed by atoms with Crippen molar-refractivity contribution < 1.29 is 4.52 Å². The highest BCUT2D eigenvalue weighted by Crippen LogP contribution is 2.29. The molecule has 0 saturated carbocycles. The second kappa shape index (κ2) is 3.87. The number of rotatable bonds is 2. The topological polar surface area (TPSA) is 52.0 Å². The minimum Gasteiger partial charge on any atom is -0.356 e. The van der Waals surface area contributed by atoms with Gasteiger partial charge in [0.25, 0.3) is 0 Å². The Hall–Kier alpha value is -1.61. The molecule has 1 aromatic carbocycles. The zero-order valence-corrected chi connectivity index (χ0v) is 8.90. The number of benzene rings is 1. The molecule has 2 N–H and O–H groups in total. The van der Waals surface area contributed by atoms with E-state index in [-0.39, 0.29) is 6.04 Å². The van der Waals surface area contributed by atoms with Crippen molar-refractivity contribution in [2.24, 2.45) is 5.73 Å². The van der Waals surface area contributed by atoms with E-state index < -0.39 is 0 Å². The molecule has 2 rings (SSSR count). The second-order valence-electron chi connectivity index (χ2n) is 3.67. The van der Waals surface area contributed by atoms with Crippen molar-refractivity contribution in [3.63, 3.8) is 0 Å². The van der Waals surface area contributed by atoms with Gasteiger partial charge in [-0.25, -0.2) is 0 Å². The summed E-state index contributed by atoms with van der Waals surface area (Å²) in [4.78, 5) is 0. The highest BCUT2D eigenvalue weighted by molar-refractivity contribution is 5.62. The van der Waals surface area contributed by atoms with Crippen LogP contribution >= 0.6 is 0 Å². The van der Waals surface area contributed by atoms with Gasteiger partial charge in [0.2, 0.25) is 0 Å². The van der Waals surface area contributed by atoms with Crippen molar-refractivity contribution >= 4 is 0 Å². The first kappa shape index (κ1) is 9.93. The monoisotopic (exact) mass is 202 g/mol. The Balaban J connectivity index is 2.54. The molecule has 0 bridgehead atoms. The summed E-state index contributed by atoms with van der Waals surface area (Å²) in [5.74, 6) is 0.781. The number of hydrogen-bond donors (Lipinski definition) is 1. The van der Waals surface area contributed by atoms with Crippen molar-refractivity contribution in [1.29, 1.82) is 0 Å². The highest BCUT2D eigenvalue weighted by Gasteiger charge is 2.17. The van der Waals surface area contributed by atoms with Gasteiger partial charge in [-0.15, -0.1) is 0 Å². The first-order valence-electron chi connectivity index (χ1n) is 4.97. The lowest BCUT2D eigenvalue weighted by Crippen LogP contribution is -2.06. The smallest absolute Gasteiger partial charge is 0.171 e. The fourth-order valence-corrected chi connectivity index (χ4v) is 1.71. The molecular weight excluding hydrogens is 188 g/mol. The van der Waals surface area contributed by atoms with Crippen molar-refractivity contribution in [2.75, 3.05) is 0 Å². The maximum atomic E-state index is 5.90. The summed E-state index contributed by atoms with van der Waals surface area (Å²) in [5.41, 5.74) is 8.77. The molecule has 1 aromatic heterocycles. The Kier molecular flexibility index (Phi) is 2.56. The van der Waals surface area contributed by atoms with Crippen molar-refractivity contribution in [2.45, 2.75) is 19.9 Å². The maximum Gasteiger partial charge on any atom is 0.171 e. The van der Waals surface area contributed by atoms with Crippen molar-refractivity contribution in [3.8, 4) is 11.3 Å². The lowest BCUT2D eigenvalue weighted by atomic mass is 10.0. The van der Waals surface area contributed by atoms with Crippen molar-refractivity contribution in [3.05, 3.63) is 41.6 Å². The third-order valence-electron chi connectivity index (χ3n) is 2.40. The molecule has 2 aromatic rings. The van der Waals surface area contributed by atoms with Gasteiger partial charge in [-0.1, -0.05) is 35.5 Å². The fourth-order valence-electron chi connectivity index (χ4n) is 1.71. The molecule has 0 spiro atoms. The van der Waals surface area contributed by atoms with Crippen LogP contribution in [0.3, 0.4) is 0 Å². The van der Waals surface area contributed by atoms with Crippen molar-refractivity contribution in [1.82, 2.24) is 5.16 Å². The second-order valence-corrected chi connectivity index (χ2v) is 3.67. The molecule has 0 aliphatic heterocycles. The van der Waals surface area contributed by atoms with Crippen LogP contribution in [0.15, 0.2) is 34.9 Å². The molecule has 15 heavy (non-hydrogen) atoms. The van der Waals surface area contributed by atoms with Gasteiger partial charge < -0.3 is 10.3 Å². The molecular formula is C12H14N2O. The molecule has 0 amide bonds. The summed E-state index contributed by atoms with van der Waals surface area (Å²) in [6.45, 7) is 3.85. The van der Waals surface area contributed by atoms with E-state index in [9.17, 15) is 0 Å². The van der Waals surface area contributed by atoms with E-state index in [1.54, 1.807) is 0 Å². The average molecular weight is 202 g/mol. The molecule has 78 valence electrons. The van der Waals surface area contributed by atoms with Crippen LogP contribution in [0.1, 0.15) is 24.2 Å². The number of nitrogens with zero attached hydrogens (tertiary/aromatic N) is 1. The van der Waals surface area contributed by atoms with Gasteiger partial charge in [0.05, 0.1) is 5.69 Å². The Bertz CT molecular complexity index is 446. The Morgan fingerprint density at radius 3 is 2.53 bits per heavy atom. The van der Waals surface area contributed by atoms with Gasteiger partial charge in [0, 0.05) is 17.2 Å². The van der Waals surface area contributed by atoms with Crippen LogP contribution in [0, 0.1) is 6.92 Å². The van der Waals surface area contributed by atoms with E-state index in [1.807, 2.05) is 44.2 Å². The zero-order valence-electron chi connectivity index (χ0n) is 8.90. The van der Waals surface area contributed by atoms with E-state index in [1.165, 1.54) is 0 Å². The molecule has 0 aliphatic carbocycles.